The van der Waals surface area contributed by atoms with Gasteiger partial charge in [0.1, 0.15) is 6.04 Å². The number of carboxylic acid groups (broad SMARTS) is 1. The average molecular weight is 244 g/mol. The van der Waals surface area contributed by atoms with Crippen molar-refractivity contribution >= 4 is 11.9 Å². The minimum Gasteiger partial charge on any atom is -0.480 e. The van der Waals surface area contributed by atoms with E-state index in [0.717, 1.165) is 6.42 Å². The molecule has 0 saturated carbocycles. The van der Waals surface area contributed by atoms with Gasteiger partial charge in [0.2, 0.25) is 5.91 Å². The number of hydrogen-bond acceptors (Lipinski definition) is 3. The second-order valence-corrected chi connectivity index (χ2v) is 4.58. The van der Waals surface area contributed by atoms with Crippen LogP contribution in [0.5, 0.6) is 0 Å². The fraction of sp³-hybridized carbons (Fsp3) is 0.833. The zero-order chi connectivity index (χ0) is 13.3. The second-order valence-electron chi connectivity index (χ2n) is 4.58. The summed E-state index contributed by atoms with van der Waals surface area (Å²) in [5.41, 5.74) is 0. The highest BCUT2D eigenvalue weighted by atomic mass is 16.4. The number of carbonyl (C=O) groups excluding carboxylic acids is 1. The molecule has 0 heterocycles. The van der Waals surface area contributed by atoms with Crippen LogP contribution < -0.4 is 10.6 Å². The van der Waals surface area contributed by atoms with E-state index in [9.17, 15) is 9.59 Å². The van der Waals surface area contributed by atoms with Crippen molar-refractivity contribution in [2.45, 2.75) is 46.1 Å². The Morgan fingerprint density at radius 3 is 2.41 bits per heavy atom. The van der Waals surface area contributed by atoms with Gasteiger partial charge in [-0.25, -0.2) is 0 Å². The maximum absolute atomic E-state index is 11.4. The maximum atomic E-state index is 11.4. The first-order chi connectivity index (χ1) is 7.97. The van der Waals surface area contributed by atoms with Crippen molar-refractivity contribution in [3.63, 3.8) is 0 Å². The number of rotatable bonds is 9. The van der Waals surface area contributed by atoms with Crippen molar-refractivity contribution in [1.82, 2.24) is 10.6 Å². The Morgan fingerprint density at radius 1 is 1.29 bits per heavy atom. The summed E-state index contributed by atoms with van der Waals surface area (Å²) in [7, 11) is 0. The van der Waals surface area contributed by atoms with E-state index < -0.39 is 12.0 Å². The Kier molecular flexibility index (Phi) is 8.40. The van der Waals surface area contributed by atoms with Crippen LogP contribution in [0.3, 0.4) is 0 Å². The monoisotopic (exact) mass is 244 g/mol. The van der Waals surface area contributed by atoms with Crippen molar-refractivity contribution in [2.75, 3.05) is 13.1 Å². The predicted molar refractivity (Wildman–Crippen MR) is 66.8 cm³/mol. The molecule has 0 saturated heterocycles. The standard InChI is InChI=1S/C12H24N2O3/c1-4-5-10(12(16)17)13-7-6-11(15)14-8-9(2)3/h9-10,13H,4-8H2,1-3H3,(H,14,15)(H,16,17). The van der Waals surface area contributed by atoms with Gasteiger partial charge < -0.3 is 15.7 Å². The van der Waals surface area contributed by atoms with E-state index in [1.807, 2.05) is 20.8 Å². The van der Waals surface area contributed by atoms with E-state index in [-0.39, 0.29) is 5.91 Å². The Morgan fingerprint density at radius 2 is 1.94 bits per heavy atom. The number of nitrogens with one attached hydrogen (secondary N) is 2. The predicted octanol–water partition coefficient (Wildman–Crippen LogP) is 0.992. The molecule has 5 nitrogen and oxygen atoms in total. The molecule has 0 aliphatic carbocycles. The minimum atomic E-state index is -0.852. The summed E-state index contributed by atoms with van der Waals surface area (Å²) < 4.78 is 0. The van der Waals surface area contributed by atoms with Crippen LogP contribution >= 0.6 is 0 Å². The van der Waals surface area contributed by atoms with E-state index in [1.54, 1.807) is 0 Å². The molecule has 0 aromatic heterocycles. The highest BCUT2D eigenvalue weighted by Gasteiger charge is 2.15. The van der Waals surface area contributed by atoms with Crippen molar-refractivity contribution in [2.24, 2.45) is 5.92 Å². The summed E-state index contributed by atoms with van der Waals surface area (Å²) in [6.07, 6.45) is 1.71. The minimum absolute atomic E-state index is 0.0353. The Labute approximate surface area is 103 Å². The number of carbonyl (C=O) groups is 2. The summed E-state index contributed by atoms with van der Waals surface area (Å²) >= 11 is 0. The molecule has 0 aliphatic heterocycles. The van der Waals surface area contributed by atoms with E-state index in [4.69, 9.17) is 5.11 Å². The van der Waals surface area contributed by atoms with Crippen LogP contribution in [0.1, 0.15) is 40.0 Å². The quantitative estimate of drug-likeness (QED) is 0.565. The van der Waals surface area contributed by atoms with Crippen LogP contribution in [0, 0.1) is 5.92 Å². The molecule has 1 amide bonds. The molecule has 3 N–H and O–H groups in total. The van der Waals surface area contributed by atoms with E-state index in [2.05, 4.69) is 10.6 Å². The SMILES string of the molecule is CCCC(NCCC(=O)NCC(C)C)C(=O)O. The van der Waals surface area contributed by atoms with E-state index >= 15 is 0 Å². The molecule has 0 radical (unpaired) electrons. The fourth-order valence-corrected chi connectivity index (χ4v) is 1.37. The molecule has 0 rings (SSSR count). The lowest BCUT2D eigenvalue weighted by atomic mass is 10.1. The Hall–Kier alpha value is -1.10. The largest absolute Gasteiger partial charge is 0.480 e. The molecule has 1 atom stereocenters. The summed E-state index contributed by atoms with van der Waals surface area (Å²) in [5.74, 6) is -0.458. The second kappa shape index (κ2) is 8.98. The topological polar surface area (TPSA) is 78.4 Å². The van der Waals surface area contributed by atoms with Gasteiger partial charge in [-0.1, -0.05) is 27.2 Å². The molecule has 0 aliphatic rings. The lowest BCUT2D eigenvalue weighted by Gasteiger charge is -2.13. The van der Waals surface area contributed by atoms with Crippen LogP contribution in [0.15, 0.2) is 0 Å². The lowest BCUT2D eigenvalue weighted by Crippen LogP contribution is -2.39. The van der Waals surface area contributed by atoms with E-state index in [1.165, 1.54) is 0 Å². The zero-order valence-electron chi connectivity index (χ0n) is 11.0. The van der Waals surface area contributed by atoms with Crippen LogP contribution in [0.4, 0.5) is 0 Å². The van der Waals surface area contributed by atoms with Crippen LogP contribution in [0.2, 0.25) is 0 Å². The van der Waals surface area contributed by atoms with Crippen molar-refractivity contribution in [3.05, 3.63) is 0 Å². The smallest absolute Gasteiger partial charge is 0.320 e. The number of carboxylic acids is 1. The van der Waals surface area contributed by atoms with Gasteiger partial charge in [-0.05, 0) is 12.3 Å². The van der Waals surface area contributed by atoms with Gasteiger partial charge in [0, 0.05) is 19.5 Å². The molecule has 1 unspecified atom stereocenters. The Bertz CT molecular complexity index is 242. The zero-order valence-corrected chi connectivity index (χ0v) is 11.0. The molecule has 0 aromatic rings. The molecule has 17 heavy (non-hydrogen) atoms. The highest BCUT2D eigenvalue weighted by molar-refractivity contribution is 5.76. The van der Waals surface area contributed by atoms with Gasteiger partial charge in [-0.15, -0.1) is 0 Å². The average Bonchev–Trinajstić information content (AvgIpc) is 2.25. The van der Waals surface area contributed by atoms with Gasteiger partial charge >= 0.3 is 5.97 Å². The van der Waals surface area contributed by atoms with E-state index in [0.29, 0.717) is 31.8 Å². The van der Waals surface area contributed by atoms with Gasteiger partial charge in [-0.2, -0.15) is 0 Å². The molecule has 100 valence electrons. The molecule has 5 heteroatoms. The molecule has 0 bridgehead atoms. The highest BCUT2D eigenvalue weighted by Crippen LogP contribution is 1.97. The number of amides is 1. The van der Waals surface area contributed by atoms with Crippen LogP contribution in [-0.2, 0) is 9.59 Å². The summed E-state index contributed by atoms with van der Waals surface area (Å²) in [4.78, 5) is 22.2. The molecular formula is C12H24N2O3. The van der Waals surface area contributed by atoms with Crippen LogP contribution in [-0.4, -0.2) is 36.1 Å². The van der Waals surface area contributed by atoms with Gasteiger partial charge in [0.15, 0.2) is 0 Å². The summed E-state index contributed by atoms with van der Waals surface area (Å²) in [5, 5.41) is 14.6. The first-order valence-corrected chi connectivity index (χ1v) is 6.20. The third-order valence-corrected chi connectivity index (χ3v) is 2.33. The first-order valence-electron chi connectivity index (χ1n) is 6.20. The number of hydrogen-bond donors (Lipinski definition) is 3. The first kappa shape index (κ1) is 15.9. The maximum Gasteiger partial charge on any atom is 0.320 e. The normalized spacial score (nSPS) is 12.5. The molecule has 0 fully saturated rings. The number of aliphatic carboxylic acids is 1. The Balaban J connectivity index is 3.73. The van der Waals surface area contributed by atoms with Gasteiger partial charge in [-0.3, -0.25) is 9.59 Å². The molecule has 0 aromatic carbocycles. The molecular weight excluding hydrogens is 220 g/mol. The summed E-state index contributed by atoms with van der Waals surface area (Å²) in [6.45, 7) is 7.06. The van der Waals surface area contributed by atoms with Crippen molar-refractivity contribution < 1.29 is 14.7 Å². The molecule has 0 spiro atoms. The van der Waals surface area contributed by atoms with Crippen LogP contribution in [0.25, 0.3) is 0 Å². The van der Waals surface area contributed by atoms with Crippen molar-refractivity contribution in [1.29, 1.82) is 0 Å². The third-order valence-electron chi connectivity index (χ3n) is 2.33. The van der Waals surface area contributed by atoms with Gasteiger partial charge in [0.05, 0.1) is 0 Å². The van der Waals surface area contributed by atoms with Crippen molar-refractivity contribution in [3.8, 4) is 0 Å². The fourth-order valence-electron chi connectivity index (χ4n) is 1.37. The summed E-state index contributed by atoms with van der Waals surface area (Å²) in [6, 6.07) is -0.544. The van der Waals surface area contributed by atoms with Gasteiger partial charge in [0.25, 0.3) is 0 Å². The lowest BCUT2D eigenvalue weighted by molar-refractivity contribution is -0.139. The third kappa shape index (κ3) is 8.68.